The Morgan fingerprint density at radius 3 is 2.67 bits per heavy atom. The molecule has 0 aliphatic rings. The molecule has 1 aromatic rings. The number of hydrogen-bond acceptors (Lipinski definition) is 4. The summed E-state index contributed by atoms with van der Waals surface area (Å²) in [7, 11) is 0. The standard InChI is InChI=1S/C8H15N3S/c1-4-7-10-11-8(12-7)6(3)9-5-2/h6,9H,4-5H2,1-3H3. The minimum Gasteiger partial charge on any atom is -0.308 e. The Morgan fingerprint density at radius 2 is 2.17 bits per heavy atom. The van der Waals surface area contributed by atoms with E-state index in [1.54, 1.807) is 11.3 Å². The SMILES string of the molecule is CCNC(C)c1nnc(CC)s1. The number of hydrogen-bond donors (Lipinski definition) is 1. The highest BCUT2D eigenvalue weighted by Crippen LogP contribution is 2.17. The summed E-state index contributed by atoms with van der Waals surface area (Å²) in [6.45, 7) is 7.28. The molecule has 1 N–H and O–H groups in total. The molecule has 1 rings (SSSR count). The maximum atomic E-state index is 4.11. The third-order valence-corrected chi connectivity index (χ3v) is 2.92. The van der Waals surface area contributed by atoms with E-state index in [0.717, 1.165) is 23.0 Å². The van der Waals surface area contributed by atoms with Gasteiger partial charge < -0.3 is 5.32 Å². The summed E-state index contributed by atoms with van der Waals surface area (Å²) < 4.78 is 0. The fourth-order valence-electron chi connectivity index (χ4n) is 0.978. The molecule has 0 aromatic carbocycles. The van der Waals surface area contributed by atoms with Crippen LogP contribution in [0.15, 0.2) is 0 Å². The molecule has 1 unspecified atom stereocenters. The summed E-state index contributed by atoms with van der Waals surface area (Å²) in [6, 6.07) is 0.341. The molecular formula is C8H15N3S. The second-order valence-electron chi connectivity index (χ2n) is 2.67. The van der Waals surface area contributed by atoms with Crippen LogP contribution in [0.3, 0.4) is 0 Å². The van der Waals surface area contributed by atoms with Crippen LogP contribution in [0.1, 0.15) is 36.8 Å². The molecule has 68 valence electrons. The van der Waals surface area contributed by atoms with E-state index in [1.165, 1.54) is 0 Å². The van der Waals surface area contributed by atoms with Gasteiger partial charge in [-0.15, -0.1) is 10.2 Å². The first kappa shape index (κ1) is 9.61. The molecule has 1 heterocycles. The van der Waals surface area contributed by atoms with Crippen LogP contribution in [0.5, 0.6) is 0 Å². The Bertz CT molecular complexity index is 234. The summed E-state index contributed by atoms with van der Waals surface area (Å²) in [5.41, 5.74) is 0. The number of nitrogens with one attached hydrogen (secondary N) is 1. The molecule has 0 aliphatic carbocycles. The van der Waals surface area contributed by atoms with Gasteiger partial charge in [-0.05, 0) is 19.9 Å². The third kappa shape index (κ3) is 2.25. The molecule has 0 spiro atoms. The normalized spacial score (nSPS) is 13.2. The van der Waals surface area contributed by atoms with Crippen molar-refractivity contribution in [1.29, 1.82) is 0 Å². The van der Waals surface area contributed by atoms with Gasteiger partial charge >= 0.3 is 0 Å². The van der Waals surface area contributed by atoms with Crippen LogP contribution in [0, 0.1) is 0 Å². The first-order valence-corrected chi connectivity index (χ1v) is 5.15. The summed E-state index contributed by atoms with van der Waals surface area (Å²) >= 11 is 1.70. The number of rotatable bonds is 4. The van der Waals surface area contributed by atoms with Crippen molar-refractivity contribution >= 4 is 11.3 Å². The Labute approximate surface area is 77.2 Å². The fraction of sp³-hybridized carbons (Fsp3) is 0.750. The van der Waals surface area contributed by atoms with Crippen LogP contribution < -0.4 is 5.32 Å². The van der Waals surface area contributed by atoms with Crippen molar-refractivity contribution in [3.63, 3.8) is 0 Å². The molecule has 4 heteroatoms. The average molecular weight is 185 g/mol. The average Bonchev–Trinajstić information content (AvgIpc) is 2.52. The second-order valence-corrected chi connectivity index (χ2v) is 3.76. The molecule has 0 saturated carbocycles. The van der Waals surface area contributed by atoms with Crippen molar-refractivity contribution in [2.45, 2.75) is 33.2 Å². The number of aryl methyl sites for hydroxylation is 1. The highest BCUT2D eigenvalue weighted by atomic mass is 32.1. The van der Waals surface area contributed by atoms with Crippen molar-refractivity contribution in [3.05, 3.63) is 10.0 Å². The van der Waals surface area contributed by atoms with Gasteiger partial charge in [-0.1, -0.05) is 25.2 Å². The van der Waals surface area contributed by atoms with E-state index >= 15 is 0 Å². The van der Waals surface area contributed by atoms with Crippen LogP contribution in [0.4, 0.5) is 0 Å². The van der Waals surface area contributed by atoms with Gasteiger partial charge in [0.05, 0.1) is 6.04 Å². The van der Waals surface area contributed by atoms with E-state index in [2.05, 4.69) is 36.3 Å². The lowest BCUT2D eigenvalue weighted by Crippen LogP contribution is -2.17. The van der Waals surface area contributed by atoms with Crippen molar-refractivity contribution in [2.24, 2.45) is 0 Å². The Balaban J connectivity index is 2.61. The Hall–Kier alpha value is -0.480. The Morgan fingerprint density at radius 1 is 1.42 bits per heavy atom. The lowest BCUT2D eigenvalue weighted by Gasteiger charge is -2.06. The predicted octanol–water partition coefficient (Wildman–Crippen LogP) is 1.77. The van der Waals surface area contributed by atoms with E-state index in [0.29, 0.717) is 6.04 Å². The molecule has 0 fully saturated rings. The van der Waals surface area contributed by atoms with Crippen LogP contribution >= 0.6 is 11.3 Å². The largest absolute Gasteiger partial charge is 0.308 e. The first-order valence-electron chi connectivity index (χ1n) is 4.33. The van der Waals surface area contributed by atoms with Crippen molar-refractivity contribution < 1.29 is 0 Å². The lowest BCUT2D eigenvalue weighted by molar-refractivity contribution is 0.589. The van der Waals surface area contributed by atoms with E-state index in [-0.39, 0.29) is 0 Å². The molecule has 0 radical (unpaired) electrons. The summed E-state index contributed by atoms with van der Waals surface area (Å²) in [6.07, 6.45) is 0.983. The summed E-state index contributed by atoms with van der Waals surface area (Å²) in [5.74, 6) is 0. The zero-order valence-electron chi connectivity index (χ0n) is 7.79. The van der Waals surface area contributed by atoms with Crippen LogP contribution in [-0.4, -0.2) is 16.7 Å². The lowest BCUT2D eigenvalue weighted by atomic mass is 10.3. The van der Waals surface area contributed by atoms with Gasteiger partial charge in [0, 0.05) is 0 Å². The van der Waals surface area contributed by atoms with Crippen molar-refractivity contribution in [1.82, 2.24) is 15.5 Å². The van der Waals surface area contributed by atoms with Gasteiger partial charge in [-0.2, -0.15) is 0 Å². The van der Waals surface area contributed by atoms with E-state index in [9.17, 15) is 0 Å². The zero-order valence-corrected chi connectivity index (χ0v) is 8.61. The van der Waals surface area contributed by atoms with Crippen molar-refractivity contribution in [3.8, 4) is 0 Å². The van der Waals surface area contributed by atoms with Crippen LogP contribution in [-0.2, 0) is 6.42 Å². The van der Waals surface area contributed by atoms with Gasteiger partial charge in [-0.25, -0.2) is 0 Å². The van der Waals surface area contributed by atoms with Gasteiger partial charge in [-0.3, -0.25) is 0 Å². The summed E-state index contributed by atoms with van der Waals surface area (Å²) in [4.78, 5) is 0. The molecule has 0 amide bonds. The number of aromatic nitrogens is 2. The first-order chi connectivity index (χ1) is 5.77. The molecule has 0 bridgehead atoms. The molecule has 1 atom stereocenters. The topological polar surface area (TPSA) is 37.8 Å². The van der Waals surface area contributed by atoms with E-state index in [1.807, 2.05) is 0 Å². The summed E-state index contributed by atoms with van der Waals surface area (Å²) in [5, 5.41) is 13.7. The minimum absolute atomic E-state index is 0.341. The van der Waals surface area contributed by atoms with E-state index < -0.39 is 0 Å². The highest BCUT2D eigenvalue weighted by Gasteiger charge is 2.08. The third-order valence-electron chi connectivity index (χ3n) is 1.67. The Kier molecular flexibility index (Phi) is 3.62. The van der Waals surface area contributed by atoms with Crippen LogP contribution in [0.2, 0.25) is 0 Å². The van der Waals surface area contributed by atoms with Gasteiger partial charge in [0.2, 0.25) is 0 Å². The second kappa shape index (κ2) is 4.52. The smallest absolute Gasteiger partial charge is 0.134 e. The molecule has 12 heavy (non-hydrogen) atoms. The maximum Gasteiger partial charge on any atom is 0.134 e. The monoisotopic (exact) mass is 185 g/mol. The molecule has 0 aliphatic heterocycles. The van der Waals surface area contributed by atoms with E-state index in [4.69, 9.17) is 0 Å². The minimum atomic E-state index is 0.341. The highest BCUT2D eigenvalue weighted by molar-refractivity contribution is 7.11. The predicted molar refractivity (Wildman–Crippen MR) is 51.4 cm³/mol. The maximum absolute atomic E-state index is 4.11. The van der Waals surface area contributed by atoms with Gasteiger partial charge in [0.25, 0.3) is 0 Å². The van der Waals surface area contributed by atoms with Gasteiger partial charge in [0.1, 0.15) is 10.0 Å². The fourth-order valence-corrected chi connectivity index (χ4v) is 1.79. The van der Waals surface area contributed by atoms with Crippen molar-refractivity contribution in [2.75, 3.05) is 6.54 Å². The van der Waals surface area contributed by atoms with Gasteiger partial charge in [0.15, 0.2) is 0 Å². The quantitative estimate of drug-likeness (QED) is 0.777. The number of nitrogens with zero attached hydrogens (tertiary/aromatic N) is 2. The molecule has 0 saturated heterocycles. The molecule has 3 nitrogen and oxygen atoms in total. The molecule has 1 aromatic heterocycles. The molecular weight excluding hydrogens is 170 g/mol. The van der Waals surface area contributed by atoms with Crippen LogP contribution in [0.25, 0.3) is 0 Å². The zero-order chi connectivity index (χ0) is 8.97.